The molecule has 0 radical (unpaired) electrons. The lowest BCUT2D eigenvalue weighted by Crippen LogP contribution is -2.48. The molecule has 0 amide bonds. The highest BCUT2D eigenvalue weighted by Crippen LogP contribution is 2.34. The van der Waals surface area contributed by atoms with E-state index in [1.165, 1.54) is 36.1 Å². The highest BCUT2D eigenvalue weighted by atomic mass is 16.5. The van der Waals surface area contributed by atoms with Gasteiger partial charge in [0, 0.05) is 18.3 Å². The maximum Gasteiger partial charge on any atom is 0.0779 e. The SMILES string of the molecule is CCC(N)Cc1ccc(N2CCOC3CCCC32)c(C)c1. The number of hydrogen-bond acceptors (Lipinski definition) is 3. The zero-order valence-corrected chi connectivity index (χ0v) is 13.3. The van der Waals surface area contributed by atoms with E-state index in [9.17, 15) is 0 Å². The topological polar surface area (TPSA) is 38.5 Å². The van der Waals surface area contributed by atoms with Gasteiger partial charge in [-0.2, -0.15) is 0 Å². The molecule has 116 valence electrons. The van der Waals surface area contributed by atoms with Gasteiger partial charge in [0.15, 0.2) is 0 Å². The molecule has 2 N–H and O–H groups in total. The number of aryl methyl sites for hydroxylation is 1. The van der Waals surface area contributed by atoms with Crippen LogP contribution in [0.2, 0.25) is 0 Å². The lowest BCUT2D eigenvalue weighted by Gasteiger charge is -2.40. The summed E-state index contributed by atoms with van der Waals surface area (Å²) < 4.78 is 5.93. The van der Waals surface area contributed by atoms with Crippen LogP contribution in [0.4, 0.5) is 5.69 Å². The molecule has 2 fully saturated rings. The number of nitrogens with zero attached hydrogens (tertiary/aromatic N) is 1. The van der Waals surface area contributed by atoms with Crippen LogP contribution in [0.1, 0.15) is 43.7 Å². The van der Waals surface area contributed by atoms with E-state index < -0.39 is 0 Å². The number of morpholine rings is 1. The number of nitrogens with two attached hydrogens (primary N) is 1. The maximum absolute atomic E-state index is 6.08. The minimum Gasteiger partial charge on any atom is -0.374 e. The van der Waals surface area contributed by atoms with Crippen LogP contribution in [0.15, 0.2) is 18.2 Å². The highest BCUT2D eigenvalue weighted by molar-refractivity contribution is 5.56. The Bertz CT molecular complexity index is 488. The lowest BCUT2D eigenvalue weighted by molar-refractivity contribution is 0.0256. The Morgan fingerprint density at radius 1 is 1.38 bits per heavy atom. The molecule has 2 aliphatic rings. The molecule has 3 heteroatoms. The monoisotopic (exact) mass is 288 g/mol. The van der Waals surface area contributed by atoms with Gasteiger partial charge in [-0.25, -0.2) is 0 Å². The van der Waals surface area contributed by atoms with E-state index in [2.05, 4.69) is 36.9 Å². The number of rotatable bonds is 4. The average Bonchev–Trinajstić information content (AvgIpc) is 2.96. The van der Waals surface area contributed by atoms with Crippen molar-refractivity contribution in [1.82, 2.24) is 0 Å². The summed E-state index contributed by atoms with van der Waals surface area (Å²) in [5, 5.41) is 0. The average molecular weight is 288 g/mol. The minimum atomic E-state index is 0.276. The van der Waals surface area contributed by atoms with Crippen LogP contribution in [-0.2, 0) is 11.2 Å². The summed E-state index contributed by atoms with van der Waals surface area (Å²) in [5.41, 5.74) is 10.2. The molecule has 3 atom stereocenters. The Morgan fingerprint density at radius 2 is 2.24 bits per heavy atom. The van der Waals surface area contributed by atoms with Crippen molar-refractivity contribution in [2.45, 2.75) is 64.1 Å². The fourth-order valence-corrected chi connectivity index (χ4v) is 3.84. The van der Waals surface area contributed by atoms with Gasteiger partial charge in [-0.3, -0.25) is 0 Å². The summed E-state index contributed by atoms with van der Waals surface area (Å²) in [4.78, 5) is 2.58. The summed E-state index contributed by atoms with van der Waals surface area (Å²) in [5.74, 6) is 0. The van der Waals surface area contributed by atoms with Gasteiger partial charge in [-0.1, -0.05) is 19.1 Å². The number of anilines is 1. The molecular weight excluding hydrogens is 260 g/mol. The Kier molecular flexibility index (Phi) is 4.51. The smallest absolute Gasteiger partial charge is 0.0779 e. The van der Waals surface area contributed by atoms with Crippen molar-refractivity contribution in [3.63, 3.8) is 0 Å². The molecule has 1 aromatic rings. The standard InChI is InChI=1S/C18H28N2O/c1-3-15(19)12-14-7-8-16(13(2)11-14)20-9-10-21-18-6-4-5-17(18)20/h7-8,11,15,17-18H,3-6,9-10,12,19H2,1-2H3. The summed E-state index contributed by atoms with van der Waals surface area (Å²) in [7, 11) is 0. The van der Waals surface area contributed by atoms with Crippen molar-refractivity contribution in [2.75, 3.05) is 18.1 Å². The molecule has 0 aromatic heterocycles. The first-order chi connectivity index (χ1) is 10.2. The van der Waals surface area contributed by atoms with Crippen molar-refractivity contribution in [2.24, 2.45) is 5.73 Å². The minimum absolute atomic E-state index is 0.276. The second-order valence-electron chi connectivity index (χ2n) is 6.59. The third-order valence-electron chi connectivity index (χ3n) is 5.08. The number of ether oxygens (including phenoxy) is 1. The molecule has 3 rings (SSSR count). The van der Waals surface area contributed by atoms with Gasteiger partial charge in [-0.15, -0.1) is 0 Å². The summed E-state index contributed by atoms with van der Waals surface area (Å²) >= 11 is 0. The maximum atomic E-state index is 6.08. The first-order valence-corrected chi connectivity index (χ1v) is 8.42. The van der Waals surface area contributed by atoms with E-state index in [0.717, 1.165) is 26.0 Å². The van der Waals surface area contributed by atoms with E-state index in [4.69, 9.17) is 10.5 Å². The van der Waals surface area contributed by atoms with Crippen LogP contribution >= 0.6 is 0 Å². The van der Waals surface area contributed by atoms with Gasteiger partial charge in [0.2, 0.25) is 0 Å². The highest BCUT2D eigenvalue weighted by Gasteiger charge is 2.36. The zero-order valence-electron chi connectivity index (χ0n) is 13.3. The van der Waals surface area contributed by atoms with Crippen LogP contribution in [-0.4, -0.2) is 31.3 Å². The van der Waals surface area contributed by atoms with Gasteiger partial charge in [0.1, 0.15) is 0 Å². The van der Waals surface area contributed by atoms with Crippen molar-refractivity contribution in [3.05, 3.63) is 29.3 Å². The first-order valence-electron chi connectivity index (χ1n) is 8.42. The van der Waals surface area contributed by atoms with Crippen molar-refractivity contribution in [3.8, 4) is 0 Å². The van der Waals surface area contributed by atoms with Gasteiger partial charge in [0.05, 0.1) is 18.8 Å². The molecule has 0 bridgehead atoms. The van der Waals surface area contributed by atoms with Crippen molar-refractivity contribution < 1.29 is 4.74 Å². The van der Waals surface area contributed by atoms with Gasteiger partial charge >= 0.3 is 0 Å². The third-order valence-corrected chi connectivity index (χ3v) is 5.08. The van der Waals surface area contributed by atoms with Crippen LogP contribution in [0.25, 0.3) is 0 Å². The normalized spacial score (nSPS) is 26.7. The molecule has 1 saturated heterocycles. The van der Waals surface area contributed by atoms with Gasteiger partial charge in [0.25, 0.3) is 0 Å². The lowest BCUT2D eigenvalue weighted by atomic mass is 10.00. The largest absolute Gasteiger partial charge is 0.374 e. The zero-order chi connectivity index (χ0) is 14.8. The van der Waals surface area contributed by atoms with E-state index in [-0.39, 0.29) is 6.04 Å². The Labute approximate surface area is 128 Å². The molecule has 1 aliphatic carbocycles. The Balaban J connectivity index is 1.78. The Hall–Kier alpha value is -1.06. The molecule has 1 aliphatic heterocycles. The number of benzene rings is 1. The Morgan fingerprint density at radius 3 is 3.00 bits per heavy atom. The fraction of sp³-hybridized carbons (Fsp3) is 0.667. The first kappa shape index (κ1) is 14.9. The molecule has 1 saturated carbocycles. The molecule has 1 aromatic carbocycles. The van der Waals surface area contributed by atoms with Crippen LogP contribution in [0.3, 0.4) is 0 Å². The predicted molar refractivity (Wildman–Crippen MR) is 87.9 cm³/mol. The molecule has 3 unspecified atom stereocenters. The van der Waals surface area contributed by atoms with E-state index in [1.807, 2.05) is 0 Å². The quantitative estimate of drug-likeness (QED) is 0.925. The van der Waals surface area contributed by atoms with Crippen molar-refractivity contribution in [1.29, 1.82) is 0 Å². The molecule has 0 spiro atoms. The van der Waals surface area contributed by atoms with Crippen LogP contribution in [0.5, 0.6) is 0 Å². The van der Waals surface area contributed by atoms with Crippen molar-refractivity contribution >= 4 is 5.69 Å². The summed E-state index contributed by atoms with van der Waals surface area (Å²) in [6, 6.07) is 7.74. The molecule has 3 nitrogen and oxygen atoms in total. The molecule has 1 heterocycles. The van der Waals surface area contributed by atoms with Gasteiger partial charge < -0.3 is 15.4 Å². The summed E-state index contributed by atoms with van der Waals surface area (Å²) in [6.07, 6.45) is 6.26. The van der Waals surface area contributed by atoms with Crippen LogP contribution < -0.4 is 10.6 Å². The van der Waals surface area contributed by atoms with E-state index in [0.29, 0.717) is 12.1 Å². The van der Waals surface area contributed by atoms with E-state index in [1.54, 1.807) is 0 Å². The number of hydrogen-bond donors (Lipinski definition) is 1. The molecule has 21 heavy (non-hydrogen) atoms. The fourth-order valence-electron chi connectivity index (χ4n) is 3.84. The van der Waals surface area contributed by atoms with Crippen LogP contribution in [0, 0.1) is 6.92 Å². The van der Waals surface area contributed by atoms with E-state index >= 15 is 0 Å². The second kappa shape index (κ2) is 6.37. The molecular formula is C18H28N2O. The number of fused-ring (bicyclic) bond motifs is 1. The summed E-state index contributed by atoms with van der Waals surface area (Å²) in [6.45, 7) is 6.27. The third kappa shape index (κ3) is 3.09. The second-order valence-corrected chi connectivity index (χ2v) is 6.59. The predicted octanol–water partition coefficient (Wildman–Crippen LogP) is 3.03. The van der Waals surface area contributed by atoms with Gasteiger partial charge in [-0.05, 0) is 56.2 Å².